The number of rotatable bonds is 6. The highest BCUT2D eigenvalue weighted by atomic mass is 79.9. The predicted octanol–water partition coefficient (Wildman–Crippen LogP) is 4.18. The molecule has 4 heterocycles. The fraction of sp³-hybridized carbons (Fsp3) is 0.296. The number of Topliss-reactive ketones (excluding diaryl/α,β-unsaturated/α-hetero) is 1. The van der Waals surface area contributed by atoms with E-state index in [0.29, 0.717) is 40.0 Å². The van der Waals surface area contributed by atoms with Crippen LogP contribution in [0.2, 0.25) is 0 Å². The maximum atomic E-state index is 13.6. The highest BCUT2D eigenvalue weighted by Crippen LogP contribution is 2.29. The number of hydrogen-bond donors (Lipinski definition) is 1. The van der Waals surface area contributed by atoms with E-state index < -0.39 is 6.04 Å². The Morgan fingerprint density at radius 1 is 1.08 bits per heavy atom. The molecular weight excluding hydrogens is 550 g/mol. The van der Waals surface area contributed by atoms with E-state index in [0.717, 1.165) is 11.1 Å². The number of pyridine rings is 1. The largest absolute Gasteiger partial charge is 0.326 e. The molecule has 194 valence electrons. The Morgan fingerprint density at radius 3 is 2.55 bits per heavy atom. The van der Waals surface area contributed by atoms with Gasteiger partial charge < -0.3 is 10.2 Å². The molecule has 1 aliphatic heterocycles. The molecule has 0 spiro atoms. The van der Waals surface area contributed by atoms with Crippen molar-refractivity contribution in [3.63, 3.8) is 0 Å². The Hall–Kier alpha value is -3.99. The van der Waals surface area contributed by atoms with Crippen molar-refractivity contribution in [1.82, 2.24) is 29.6 Å². The van der Waals surface area contributed by atoms with E-state index in [-0.39, 0.29) is 35.9 Å². The lowest BCUT2D eigenvalue weighted by atomic mass is 10.0. The molecule has 0 bridgehead atoms. The average molecular weight is 576 g/mol. The van der Waals surface area contributed by atoms with Gasteiger partial charge in [-0.25, -0.2) is 15.0 Å². The first kappa shape index (κ1) is 25.7. The number of anilines is 1. The number of benzene rings is 1. The van der Waals surface area contributed by atoms with Crippen LogP contribution >= 0.6 is 15.9 Å². The van der Waals surface area contributed by atoms with Crippen molar-refractivity contribution in [1.29, 1.82) is 0 Å². The maximum Gasteiger partial charge on any atom is 0.248 e. The lowest BCUT2D eigenvalue weighted by Crippen LogP contribution is -2.47. The molecule has 4 aromatic rings. The second-order valence-electron chi connectivity index (χ2n) is 9.39. The van der Waals surface area contributed by atoms with Crippen LogP contribution in [0.4, 0.5) is 5.82 Å². The number of aromatic nitrogens is 5. The first-order valence-corrected chi connectivity index (χ1v) is 13.1. The average Bonchev–Trinajstić information content (AvgIpc) is 3.45. The molecular formula is C27H26BrN7O3. The zero-order valence-electron chi connectivity index (χ0n) is 21.2. The molecule has 1 fully saturated rings. The second kappa shape index (κ2) is 10.4. The number of hydrogen-bond acceptors (Lipinski definition) is 7. The quantitative estimate of drug-likeness (QED) is 0.270. The van der Waals surface area contributed by atoms with Crippen molar-refractivity contribution in [2.75, 3.05) is 5.32 Å². The number of fused-ring (bicyclic) bond motifs is 1. The van der Waals surface area contributed by atoms with Crippen LogP contribution in [-0.2, 0) is 16.1 Å². The Balaban J connectivity index is 1.41. The van der Waals surface area contributed by atoms with Crippen molar-refractivity contribution in [2.24, 2.45) is 0 Å². The zero-order valence-corrected chi connectivity index (χ0v) is 22.8. The summed E-state index contributed by atoms with van der Waals surface area (Å²) >= 11 is 3.30. The topological polar surface area (TPSA) is 123 Å². The van der Waals surface area contributed by atoms with Gasteiger partial charge in [0.1, 0.15) is 34.5 Å². The minimum Gasteiger partial charge on any atom is -0.326 e. The van der Waals surface area contributed by atoms with Crippen LogP contribution in [0.5, 0.6) is 0 Å². The van der Waals surface area contributed by atoms with Gasteiger partial charge in [0, 0.05) is 36.3 Å². The summed E-state index contributed by atoms with van der Waals surface area (Å²) in [6.45, 7) is 5.10. The summed E-state index contributed by atoms with van der Waals surface area (Å²) in [4.78, 5) is 53.5. The van der Waals surface area contributed by atoms with E-state index in [1.807, 2.05) is 32.0 Å². The van der Waals surface area contributed by atoms with Crippen molar-refractivity contribution in [3.8, 4) is 11.1 Å². The van der Waals surface area contributed by atoms with Crippen LogP contribution in [0.3, 0.4) is 0 Å². The molecule has 11 heteroatoms. The zero-order chi connectivity index (χ0) is 27.0. The Morgan fingerprint density at radius 2 is 1.84 bits per heavy atom. The van der Waals surface area contributed by atoms with E-state index in [1.54, 1.807) is 40.2 Å². The summed E-state index contributed by atoms with van der Waals surface area (Å²) in [5.74, 6) is 0.351. The minimum atomic E-state index is -0.625. The van der Waals surface area contributed by atoms with Gasteiger partial charge in [-0.3, -0.25) is 19.1 Å². The molecule has 1 N–H and O–H groups in total. The van der Waals surface area contributed by atoms with Crippen LogP contribution in [-0.4, -0.2) is 59.3 Å². The molecule has 1 aliphatic rings. The number of carbonyl (C=O) groups excluding carboxylic acids is 3. The molecule has 2 amide bonds. The SMILES string of the molecule is CC(=O)c1nn(CC(=O)N2[C@@H](C)CC[C@H]2C(=O)Nc2cccc(Br)n2)c2ccc(-c3cnc(C)nc3)cc12. The Labute approximate surface area is 227 Å². The molecule has 38 heavy (non-hydrogen) atoms. The van der Waals surface area contributed by atoms with Gasteiger partial charge in [0.05, 0.1) is 5.52 Å². The fourth-order valence-corrected chi connectivity index (χ4v) is 5.18. The van der Waals surface area contributed by atoms with Crippen LogP contribution < -0.4 is 5.32 Å². The molecule has 0 saturated carbocycles. The van der Waals surface area contributed by atoms with Crippen molar-refractivity contribution in [2.45, 2.75) is 52.2 Å². The lowest BCUT2D eigenvalue weighted by molar-refractivity contribution is -0.139. The molecule has 3 aromatic heterocycles. The van der Waals surface area contributed by atoms with Crippen LogP contribution in [0.1, 0.15) is 43.0 Å². The van der Waals surface area contributed by atoms with Gasteiger partial charge in [0.15, 0.2) is 5.78 Å². The maximum absolute atomic E-state index is 13.6. The predicted molar refractivity (Wildman–Crippen MR) is 145 cm³/mol. The number of halogens is 1. The van der Waals surface area contributed by atoms with Crippen LogP contribution in [0.25, 0.3) is 22.0 Å². The summed E-state index contributed by atoms with van der Waals surface area (Å²) in [6.07, 6.45) is 4.71. The summed E-state index contributed by atoms with van der Waals surface area (Å²) in [5, 5.41) is 7.96. The molecule has 2 atom stereocenters. The number of carbonyl (C=O) groups is 3. The third kappa shape index (κ3) is 5.06. The molecule has 1 aromatic carbocycles. The first-order valence-electron chi connectivity index (χ1n) is 12.3. The van der Waals surface area contributed by atoms with Crippen LogP contribution in [0, 0.1) is 6.92 Å². The smallest absolute Gasteiger partial charge is 0.248 e. The van der Waals surface area contributed by atoms with Crippen LogP contribution in [0.15, 0.2) is 53.4 Å². The molecule has 0 unspecified atom stereocenters. The number of nitrogens with one attached hydrogen (secondary N) is 1. The Bertz CT molecular complexity index is 1550. The van der Waals surface area contributed by atoms with Gasteiger partial charge in [0.2, 0.25) is 11.8 Å². The van der Waals surface area contributed by atoms with E-state index in [2.05, 4.69) is 41.3 Å². The first-order chi connectivity index (χ1) is 18.2. The summed E-state index contributed by atoms with van der Waals surface area (Å²) in [7, 11) is 0. The molecule has 5 rings (SSSR count). The normalized spacial score (nSPS) is 17.1. The van der Waals surface area contributed by atoms with Crippen molar-refractivity contribution >= 4 is 50.2 Å². The molecule has 0 aliphatic carbocycles. The summed E-state index contributed by atoms with van der Waals surface area (Å²) < 4.78 is 2.15. The monoisotopic (exact) mass is 575 g/mol. The van der Waals surface area contributed by atoms with E-state index in [1.165, 1.54) is 6.92 Å². The van der Waals surface area contributed by atoms with Crippen molar-refractivity contribution < 1.29 is 14.4 Å². The highest BCUT2D eigenvalue weighted by Gasteiger charge is 2.39. The molecule has 1 saturated heterocycles. The highest BCUT2D eigenvalue weighted by molar-refractivity contribution is 9.10. The van der Waals surface area contributed by atoms with Gasteiger partial charge >= 0.3 is 0 Å². The number of aryl methyl sites for hydroxylation is 1. The third-order valence-electron chi connectivity index (χ3n) is 6.71. The lowest BCUT2D eigenvalue weighted by Gasteiger charge is -2.28. The number of ketones is 1. The van der Waals surface area contributed by atoms with E-state index in [4.69, 9.17) is 0 Å². The van der Waals surface area contributed by atoms with Gasteiger partial charge in [0.25, 0.3) is 0 Å². The number of likely N-dealkylation sites (tertiary alicyclic amines) is 1. The van der Waals surface area contributed by atoms with Gasteiger partial charge in [-0.15, -0.1) is 0 Å². The number of amides is 2. The van der Waals surface area contributed by atoms with E-state index in [9.17, 15) is 14.4 Å². The molecule has 10 nitrogen and oxygen atoms in total. The van der Waals surface area contributed by atoms with E-state index >= 15 is 0 Å². The minimum absolute atomic E-state index is 0.0972. The Kier molecular flexibility index (Phi) is 7.02. The summed E-state index contributed by atoms with van der Waals surface area (Å²) in [5.41, 5.74) is 2.60. The fourth-order valence-electron chi connectivity index (χ4n) is 4.84. The standard InChI is InChI=1S/C27H26BrN7O3/c1-15-7-9-22(27(38)32-24-6-4-5-23(28)31-24)35(15)25(37)14-34-21-10-8-18(19-12-29-17(3)30-13-19)11-20(21)26(33-34)16(2)36/h4-6,8,10-13,15,22H,7,9,14H2,1-3H3,(H,31,32,38)/t15-,22-/m0/s1. The van der Waals surface area contributed by atoms with Gasteiger partial charge in [-0.1, -0.05) is 12.1 Å². The van der Waals surface area contributed by atoms with Gasteiger partial charge in [-0.05, 0) is 72.4 Å². The second-order valence-corrected chi connectivity index (χ2v) is 10.2. The molecule has 0 radical (unpaired) electrons. The van der Waals surface area contributed by atoms with Crippen molar-refractivity contribution in [3.05, 3.63) is 64.9 Å². The number of nitrogens with zero attached hydrogens (tertiary/aromatic N) is 6. The summed E-state index contributed by atoms with van der Waals surface area (Å²) in [6, 6.07) is 10.1. The van der Waals surface area contributed by atoms with Gasteiger partial charge in [-0.2, -0.15) is 5.10 Å². The third-order valence-corrected chi connectivity index (χ3v) is 7.15.